The van der Waals surface area contributed by atoms with Crippen molar-refractivity contribution >= 4 is 11.8 Å². The summed E-state index contributed by atoms with van der Waals surface area (Å²) in [5.41, 5.74) is 7.56. The van der Waals surface area contributed by atoms with Gasteiger partial charge in [0.1, 0.15) is 11.8 Å². The van der Waals surface area contributed by atoms with Crippen molar-refractivity contribution in [1.82, 2.24) is 15.6 Å². The number of ether oxygens (including phenoxy) is 3. The van der Waals surface area contributed by atoms with E-state index in [-0.39, 0.29) is 29.8 Å². The lowest BCUT2D eigenvalue weighted by Gasteiger charge is -2.27. The Morgan fingerprint density at radius 2 is 1.91 bits per heavy atom. The first-order valence-corrected chi connectivity index (χ1v) is 10.6. The van der Waals surface area contributed by atoms with Crippen molar-refractivity contribution in [3.05, 3.63) is 65.0 Å². The van der Waals surface area contributed by atoms with E-state index in [0.717, 1.165) is 5.56 Å². The first-order valence-electron chi connectivity index (χ1n) is 10.6. The molecular formula is C23H30N4O5. The molecule has 1 fully saturated rings. The zero-order valence-corrected chi connectivity index (χ0v) is 18.4. The third-order valence-electron chi connectivity index (χ3n) is 5.07. The summed E-state index contributed by atoms with van der Waals surface area (Å²) in [6.45, 7) is 1.38. The maximum atomic E-state index is 12.8. The van der Waals surface area contributed by atoms with Gasteiger partial charge in [0.2, 0.25) is 0 Å². The number of nitrogens with one attached hydrogen (secondary N) is 2. The maximum Gasteiger partial charge on any atom is 0.269 e. The summed E-state index contributed by atoms with van der Waals surface area (Å²) < 4.78 is 16.6. The van der Waals surface area contributed by atoms with Gasteiger partial charge in [-0.05, 0) is 24.1 Å². The Balaban J connectivity index is 1.69. The highest BCUT2D eigenvalue weighted by Gasteiger charge is 2.21. The van der Waals surface area contributed by atoms with Gasteiger partial charge in [0.05, 0.1) is 24.9 Å². The molecule has 9 heteroatoms. The van der Waals surface area contributed by atoms with E-state index >= 15 is 0 Å². The number of hydrogen-bond donors (Lipinski definition) is 3. The number of rotatable bonds is 9. The minimum atomic E-state index is -0.515. The summed E-state index contributed by atoms with van der Waals surface area (Å²) in [6.07, 6.45) is 0.515. The fourth-order valence-electron chi connectivity index (χ4n) is 3.41. The molecule has 4 N–H and O–H groups in total. The number of carbonyl (C=O) groups is 2. The number of nitrogens with two attached hydrogens (primary N) is 1. The Morgan fingerprint density at radius 1 is 1.19 bits per heavy atom. The summed E-state index contributed by atoms with van der Waals surface area (Å²) in [6, 6.07) is 12.5. The van der Waals surface area contributed by atoms with Gasteiger partial charge >= 0.3 is 0 Å². The first kappa shape index (κ1) is 23.8. The molecule has 172 valence electrons. The van der Waals surface area contributed by atoms with Crippen LogP contribution in [-0.4, -0.2) is 63.0 Å². The van der Waals surface area contributed by atoms with Crippen molar-refractivity contribution in [3.63, 3.8) is 0 Å². The van der Waals surface area contributed by atoms with E-state index in [1.54, 1.807) is 13.2 Å². The van der Waals surface area contributed by atoms with Crippen LogP contribution < -0.4 is 16.4 Å². The van der Waals surface area contributed by atoms with Crippen LogP contribution in [0.25, 0.3) is 0 Å². The predicted octanol–water partition coefficient (Wildman–Crippen LogP) is 1.39. The van der Waals surface area contributed by atoms with Crippen LogP contribution >= 0.6 is 0 Å². The molecule has 1 atom stereocenters. The zero-order valence-electron chi connectivity index (χ0n) is 18.4. The Bertz CT molecular complexity index is 901. The lowest BCUT2D eigenvalue weighted by atomic mass is 10.0. The highest BCUT2D eigenvalue weighted by atomic mass is 16.7. The summed E-state index contributed by atoms with van der Waals surface area (Å²) in [5, 5.41) is 5.43. The molecule has 1 aromatic heterocycles. The number of aromatic nitrogens is 1. The van der Waals surface area contributed by atoms with E-state index in [0.29, 0.717) is 43.9 Å². The minimum Gasteiger partial charge on any atom is -0.370 e. The Labute approximate surface area is 187 Å². The van der Waals surface area contributed by atoms with Crippen molar-refractivity contribution in [2.75, 3.05) is 33.9 Å². The van der Waals surface area contributed by atoms with Crippen LogP contribution in [0.5, 0.6) is 0 Å². The van der Waals surface area contributed by atoms with Gasteiger partial charge in [-0.1, -0.05) is 30.3 Å². The van der Waals surface area contributed by atoms with E-state index < -0.39 is 6.10 Å². The SMILES string of the molecule is CNC(=O)c1cc(C(=O)NCCC[C@H]2OC[C@H](N)CO2)cc(C(OC)c2ccccc2)n1. The number of nitrogens with zero attached hydrogens (tertiary/aromatic N) is 1. The molecule has 3 rings (SSSR count). The van der Waals surface area contributed by atoms with Crippen molar-refractivity contribution in [3.8, 4) is 0 Å². The molecule has 1 saturated heterocycles. The Hall–Kier alpha value is -2.85. The molecule has 0 bridgehead atoms. The fourth-order valence-corrected chi connectivity index (χ4v) is 3.41. The maximum absolute atomic E-state index is 12.8. The highest BCUT2D eigenvalue weighted by molar-refractivity contribution is 5.98. The number of benzene rings is 1. The third kappa shape index (κ3) is 6.33. The highest BCUT2D eigenvalue weighted by Crippen LogP contribution is 2.25. The summed E-state index contributed by atoms with van der Waals surface area (Å²) >= 11 is 0. The van der Waals surface area contributed by atoms with E-state index in [1.807, 2.05) is 30.3 Å². The van der Waals surface area contributed by atoms with Crippen LogP contribution in [0.3, 0.4) is 0 Å². The Morgan fingerprint density at radius 3 is 2.56 bits per heavy atom. The topological polar surface area (TPSA) is 125 Å². The average molecular weight is 443 g/mol. The van der Waals surface area contributed by atoms with E-state index in [4.69, 9.17) is 19.9 Å². The van der Waals surface area contributed by atoms with Gasteiger partial charge in [0, 0.05) is 32.7 Å². The smallest absolute Gasteiger partial charge is 0.269 e. The molecule has 2 aromatic rings. The fraction of sp³-hybridized carbons (Fsp3) is 0.435. The number of pyridine rings is 1. The lowest BCUT2D eigenvalue weighted by Crippen LogP contribution is -2.41. The number of hydrogen-bond acceptors (Lipinski definition) is 7. The van der Waals surface area contributed by atoms with Crippen molar-refractivity contribution in [2.45, 2.75) is 31.3 Å². The molecule has 32 heavy (non-hydrogen) atoms. The first-order chi connectivity index (χ1) is 15.5. The van der Waals surface area contributed by atoms with E-state index in [9.17, 15) is 9.59 Å². The number of carbonyl (C=O) groups excluding carboxylic acids is 2. The molecule has 9 nitrogen and oxygen atoms in total. The molecular weight excluding hydrogens is 412 g/mol. The summed E-state index contributed by atoms with van der Waals surface area (Å²) in [7, 11) is 3.08. The van der Waals surface area contributed by atoms with Crippen LogP contribution in [0.1, 0.15) is 51.0 Å². The quantitative estimate of drug-likeness (QED) is 0.501. The molecule has 0 saturated carbocycles. The largest absolute Gasteiger partial charge is 0.370 e. The van der Waals surface area contributed by atoms with Gasteiger partial charge in [0.15, 0.2) is 6.29 Å². The van der Waals surface area contributed by atoms with Crippen LogP contribution in [0, 0.1) is 0 Å². The molecule has 1 aliphatic heterocycles. The second kappa shape index (κ2) is 11.7. The standard InChI is InChI=1S/C23H30N4O5/c1-25-23(29)19-12-16(11-18(27-19)21(30-2)15-7-4-3-5-8-15)22(28)26-10-6-9-20-31-13-17(24)14-32-20/h3-5,7-8,11-12,17,20-21H,6,9-10,13-14,24H2,1-2H3,(H,25,29)(H,26,28)/t17-,20-,21?. The van der Waals surface area contributed by atoms with Gasteiger partial charge < -0.3 is 30.6 Å². The number of methoxy groups -OCH3 is 1. The van der Waals surface area contributed by atoms with Crippen molar-refractivity contribution in [2.24, 2.45) is 5.73 Å². The summed E-state index contributed by atoms with van der Waals surface area (Å²) in [5.74, 6) is -0.678. The van der Waals surface area contributed by atoms with Crippen molar-refractivity contribution < 1.29 is 23.8 Å². The second-order valence-corrected chi connectivity index (χ2v) is 7.53. The van der Waals surface area contributed by atoms with Crippen LogP contribution in [0.4, 0.5) is 0 Å². The minimum absolute atomic E-state index is 0.0897. The van der Waals surface area contributed by atoms with Gasteiger partial charge in [0.25, 0.3) is 11.8 Å². The van der Waals surface area contributed by atoms with E-state index in [2.05, 4.69) is 15.6 Å². The second-order valence-electron chi connectivity index (χ2n) is 7.53. The zero-order chi connectivity index (χ0) is 22.9. The molecule has 0 aliphatic carbocycles. The van der Waals surface area contributed by atoms with Gasteiger partial charge in [-0.15, -0.1) is 0 Å². The molecule has 2 amide bonds. The molecule has 1 aliphatic rings. The van der Waals surface area contributed by atoms with Gasteiger partial charge in [-0.2, -0.15) is 0 Å². The Kier molecular flexibility index (Phi) is 8.69. The van der Waals surface area contributed by atoms with E-state index in [1.165, 1.54) is 13.1 Å². The predicted molar refractivity (Wildman–Crippen MR) is 118 cm³/mol. The normalized spacial score (nSPS) is 19.2. The molecule has 0 spiro atoms. The molecule has 2 heterocycles. The molecule has 1 aromatic carbocycles. The summed E-state index contributed by atoms with van der Waals surface area (Å²) in [4.78, 5) is 29.5. The van der Waals surface area contributed by atoms with Crippen LogP contribution in [0.15, 0.2) is 42.5 Å². The third-order valence-corrected chi connectivity index (χ3v) is 5.07. The molecule has 0 radical (unpaired) electrons. The lowest BCUT2D eigenvalue weighted by molar-refractivity contribution is -0.188. The number of amides is 2. The van der Waals surface area contributed by atoms with Gasteiger partial charge in [-0.25, -0.2) is 4.98 Å². The van der Waals surface area contributed by atoms with Crippen molar-refractivity contribution in [1.29, 1.82) is 0 Å². The monoisotopic (exact) mass is 442 g/mol. The molecule has 1 unspecified atom stereocenters. The van der Waals surface area contributed by atoms with Crippen LogP contribution in [0.2, 0.25) is 0 Å². The van der Waals surface area contributed by atoms with Gasteiger partial charge in [-0.3, -0.25) is 9.59 Å². The van der Waals surface area contributed by atoms with Crippen LogP contribution in [-0.2, 0) is 14.2 Å². The average Bonchev–Trinajstić information content (AvgIpc) is 2.83.